The fraction of sp³-hybridized carbons (Fsp3) is 0.588. The summed E-state index contributed by atoms with van der Waals surface area (Å²) in [5.41, 5.74) is 0.535. The second-order valence-corrected chi connectivity index (χ2v) is 6.44. The van der Waals surface area contributed by atoms with E-state index < -0.39 is 0 Å². The van der Waals surface area contributed by atoms with E-state index >= 15 is 0 Å². The van der Waals surface area contributed by atoms with Gasteiger partial charge in [-0.1, -0.05) is 0 Å². The van der Waals surface area contributed by atoms with Crippen LogP contribution in [0.15, 0.2) is 18.3 Å². The van der Waals surface area contributed by atoms with Crippen molar-refractivity contribution < 1.29 is 14.3 Å². The van der Waals surface area contributed by atoms with E-state index in [2.05, 4.69) is 4.98 Å². The largest absolute Gasteiger partial charge is 0.474 e. The molecule has 1 aromatic heterocycles. The Hall–Kier alpha value is -2.11. The zero-order chi connectivity index (χ0) is 16.4. The van der Waals surface area contributed by atoms with Crippen molar-refractivity contribution in [2.24, 2.45) is 0 Å². The Balaban J connectivity index is 1.73. The number of aromatic nitrogens is 1. The summed E-state index contributed by atoms with van der Waals surface area (Å²) in [5.74, 6) is 0.356. The third-order valence-corrected chi connectivity index (χ3v) is 4.56. The molecule has 1 saturated carbocycles. The maximum atomic E-state index is 12.8. The molecular formula is C17H23N3O3. The van der Waals surface area contributed by atoms with Gasteiger partial charge in [-0.15, -0.1) is 0 Å². The van der Waals surface area contributed by atoms with Crippen LogP contribution < -0.4 is 4.74 Å². The molecule has 3 rings (SSSR count). The number of carbonyl (C=O) groups excluding carboxylic acids is 2. The topological polar surface area (TPSA) is 62.7 Å². The van der Waals surface area contributed by atoms with Crippen LogP contribution in [0.5, 0.6) is 5.88 Å². The average molecular weight is 317 g/mol. The molecular weight excluding hydrogens is 294 g/mol. The number of carbonyl (C=O) groups is 2. The van der Waals surface area contributed by atoms with Gasteiger partial charge in [-0.2, -0.15) is 0 Å². The van der Waals surface area contributed by atoms with Crippen molar-refractivity contribution in [3.05, 3.63) is 23.9 Å². The highest BCUT2D eigenvalue weighted by Gasteiger charge is 2.35. The summed E-state index contributed by atoms with van der Waals surface area (Å²) in [5, 5.41) is 0. The zero-order valence-electron chi connectivity index (χ0n) is 13.7. The highest BCUT2D eigenvalue weighted by molar-refractivity contribution is 5.98. The van der Waals surface area contributed by atoms with Gasteiger partial charge in [-0.3, -0.25) is 9.59 Å². The standard InChI is InChI=1S/C17H23N3O3/c1-19(2)17(22)14-7-4-10-20(14)16(21)12-8-9-18-15(11-12)23-13-5-3-6-13/h8-9,11,13-14H,3-7,10H2,1-2H3. The second-order valence-electron chi connectivity index (χ2n) is 6.44. The maximum Gasteiger partial charge on any atom is 0.254 e. The summed E-state index contributed by atoms with van der Waals surface area (Å²) >= 11 is 0. The van der Waals surface area contributed by atoms with Crippen molar-refractivity contribution in [2.75, 3.05) is 20.6 Å². The maximum absolute atomic E-state index is 12.8. The number of hydrogen-bond acceptors (Lipinski definition) is 4. The second kappa shape index (κ2) is 6.56. The average Bonchev–Trinajstić information content (AvgIpc) is 2.99. The lowest BCUT2D eigenvalue weighted by atomic mass is 9.96. The van der Waals surface area contributed by atoms with Gasteiger partial charge in [0.1, 0.15) is 12.1 Å². The van der Waals surface area contributed by atoms with Crippen molar-refractivity contribution in [1.82, 2.24) is 14.8 Å². The van der Waals surface area contributed by atoms with Gasteiger partial charge in [-0.05, 0) is 38.2 Å². The summed E-state index contributed by atoms with van der Waals surface area (Å²) in [6, 6.07) is 3.02. The molecule has 2 heterocycles. The van der Waals surface area contributed by atoms with E-state index in [0.29, 0.717) is 18.0 Å². The summed E-state index contributed by atoms with van der Waals surface area (Å²) in [6.07, 6.45) is 6.68. The van der Waals surface area contributed by atoms with Crippen LogP contribution in [-0.2, 0) is 4.79 Å². The van der Waals surface area contributed by atoms with Gasteiger partial charge in [0, 0.05) is 38.5 Å². The highest BCUT2D eigenvalue weighted by Crippen LogP contribution is 2.26. The molecule has 0 radical (unpaired) electrons. The molecule has 0 aromatic carbocycles. The normalized spacial score (nSPS) is 21.0. The monoisotopic (exact) mass is 317 g/mol. The predicted octanol–water partition coefficient (Wildman–Crippen LogP) is 1.71. The van der Waals surface area contributed by atoms with Crippen molar-refractivity contribution in [2.45, 2.75) is 44.2 Å². The summed E-state index contributed by atoms with van der Waals surface area (Å²) in [4.78, 5) is 32.4. The number of rotatable bonds is 4. The molecule has 23 heavy (non-hydrogen) atoms. The Kier molecular flexibility index (Phi) is 4.50. The minimum Gasteiger partial charge on any atom is -0.474 e. The van der Waals surface area contributed by atoms with Crippen LogP contribution in [-0.4, -0.2) is 59.4 Å². The summed E-state index contributed by atoms with van der Waals surface area (Å²) < 4.78 is 5.76. The number of amides is 2. The first kappa shape index (κ1) is 15.8. The molecule has 6 nitrogen and oxygen atoms in total. The number of pyridine rings is 1. The number of nitrogens with zero attached hydrogens (tertiary/aromatic N) is 3. The van der Waals surface area contributed by atoms with Crippen molar-refractivity contribution in [3.63, 3.8) is 0 Å². The molecule has 2 aliphatic rings. The van der Waals surface area contributed by atoms with Gasteiger partial charge < -0.3 is 14.5 Å². The summed E-state index contributed by atoms with van der Waals surface area (Å²) in [6.45, 7) is 0.615. The quantitative estimate of drug-likeness (QED) is 0.848. The first-order valence-electron chi connectivity index (χ1n) is 8.21. The van der Waals surface area contributed by atoms with Gasteiger partial charge >= 0.3 is 0 Å². The van der Waals surface area contributed by atoms with Crippen molar-refractivity contribution >= 4 is 11.8 Å². The first-order chi connectivity index (χ1) is 11.1. The van der Waals surface area contributed by atoms with Crippen molar-refractivity contribution in [1.29, 1.82) is 0 Å². The smallest absolute Gasteiger partial charge is 0.254 e. The summed E-state index contributed by atoms with van der Waals surface area (Å²) in [7, 11) is 3.45. The molecule has 1 saturated heterocycles. The highest BCUT2D eigenvalue weighted by atomic mass is 16.5. The van der Waals surface area contributed by atoms with E-state index in [9.17, 15) is 9.59 Å². The molecule has 1 unspecified atom stereocenters. The minimum absolute atomic E-state index is 0.0177. The lowest BCUT2D eigenvalue weighted by Crippen LogP contribution is -2.45. The number of hydrogen-bond donors (Lipinski definition) is 0. The third-order valence-electron chi connectivity index (χ3n) is 4.56. The molecule has 1 atom stereocenters. The van der Waals surface area contributed by atoms with Crippen molar-refractivity contribution in [3.8, 4) is 5.88 Å². The Morgan fingerprint density at radius 3 is 2.70 bits per heavy atom. The van der Waals surface area contributed by atoms with Crippen LogP contribution in [0.2, 0.25) is 0 Å². The van der Waals surface area contributed by atoms with Gasteiger partial charge in [0.25, 0.3) is 5.91 Å². The minimum atomic E-state index is -0.360. The zero-order valence-corrected chi connectivity index (χ0v) is 13.7. The molecule has 2 fully saturated rings. The molecule has 0 N–H and O–H groups in total. The number of likely N-dealkylation sites (tertiary alicyclic amines) is 1. The van der Waals surface area contributed by atoms with E-state index in [-0.39, 0.29) is 24.0 Å². The Morgan fingerprint density at radius 1 is 1.26 bits per heavy atom. The fourth-order valence-electron chi connectivity index (χ4n) is 3.00. The predicted molar refractivity (Wildman–Crippen MR) is 85.3 cm³/mol. The number of likely N-dealkylation sites (N-methyl/N-ethyl adjacent to an activating group) is 1. The van der Waals surface area contributed by atoms with Gasteiger partial charge in [0.2, 0.25) is 11.8 Å². The van der Waals surface area contributed by atoms with E-state index in [0.717, 1.165) is 25.7 Å². The molecule has 0 bridgehead atoms. The van der Waals surface area contributed by atoms with E-state index in [1.807, 2.05) is 0 Å². The molecule has 1 aliphatic heterocycles. The van der Waals surface area contributed by atoms with Gasteiger partial charge in [0.05, 0.1) is 0 Å². The molecule has 6 heteroatoms. The fourth-order valence-corrected chi connectivity index (χ4v) is 3.00. The van der Waals surface area contributed by atoms with E-state index in [4.69, 9.17) is 4.74 Å². The van der Waals surface area contributed by atoms with Crippen LogP contribution in [0, 0.1) is 0 Å². The van der Waals surface area contributed by atoms with E-state index in [1.54, 1.807) is 42.2 Å². The third kappa shape index (κ3) is 3.30. The van der Waals surface area contributed by atoms with Crippen LogP contribution in [0.25, 0.3) is 0 Å². The van der Waals surface area contributed by atoms with Crippen LogP contribution >= 0.6 is 0 Å². The van der Waals surface area contributed by atoms with Gasteiger partial charge in [-0.25, -0.2) is 4.98 Å². The lowest BCUT2D eigenvalue weighted by molar-refractivity contribution is -0.132. The lowest BCUT2D eigenvalue weighted by Gasteiger charge is -2.27. The Morgan fingerprint density at radius 2 is 2.04 bits per heavy atom. The molecule has 2 amide bonds. The molecule has 124 valence electrons. The molecule has 0 spiro atoms. The van der Waals surface area contributed by atoms with Crippen LogP contribution in [0.1, 0.15) is 42.5 Å². The molecule has 1 aliphatic carbocycles. The van der Waals surface area contributed by atoms with E-state index in [1.165, 1.54) is 6.42 Å². The number of ether oxygens (including phenoxy) is 1. The Bertz CT molecular complexity index is 599. The van der Waals surface area contributed by atoms with Crippen LogP contribution in [0.4, 0.5) is 0 Å². The first-order valence-corrected chi connectivity index (χ1v) is 8.21. The Labute approximate surface area is 136 Å². The SMILES string of the molecule is CN(C)C(=O)C1CCCN1C(=O)c1ccnc(OC2CCC2)c1. The van der Waals surface area contributed by atoms with Crippen LogP contribution in [0.3, 0.4) is 0 Å². The molecule has 1 aromatic rings. The van der Waals surface area contributed by atoms with Gasteiger partial charge in [0.15, 0.2) is 0 Å².